The molecule has 3 aliphatic rings. The van der Waals surface area contributed by atoms with Crippen LogP contribution in [-0.2, 0) is 11.3 Å². The Morgan fingerprint density at radius 2 is 1.53 bits per heavy atom. The van der Waals surface area contributed by atoms with Gasteiger partial charge in [0.1, 0.15) is 5.75 Å². The van der Waals surface area contributed by atoms with Crippen LogP contribution in [0.15, 0.2) is 36.4 Å². The number of benzene rings is 2. The Labute approximate surface area is 192 Å². The number of ether oxygens (including phenoxy) is 2. The van der Waals surface area contributed by atoms with Gasteiger partial charge in [-0.15, -0.1) is 24.8 Å². The van der Waals surface area contributed by atoms with Crippen LogP contribution in [0, 0.1) is 5.92 Å². The summed E-state index contributed by atoms with van der Waals surface area (Å²) in [6.07, 6.45) is 5.42. The average Bonchev–Trinajstić information content (AvgIpc) is 3.22. The number of fused-ring (bicyclic) bond motifs is 1. The summed E-state index contributed by atoms with van der Waals surface area (Å²) >= 11 is 0. The largest absolute Gasteiger partial charge is 0.490 e. The third-order valence-electron chi connectivity index (χ3n) is 6.67. The van der Waals surface area contributed by atoms with Crippen LogP contribution in [0.1, 0.15) is 31.2 Å². The highest BCUT2D eigenvalue weighted by Gasteiger charge is 2.32. The Morgan fingerprint density at radius 3 is 2.27 bits per heavy atom. The number of likely N-dealkylation sites (tertiary alicyclic amines) is 1. The van der Waals surface area contributed by atoms with E-state index in [0.29, 0.717) is 6.10 Å². The predicted octanol–water partition coefficient (Wildman–Crippen LogP) is 4.77. The van der Waals surface area contributed by atoms with E-state index in [0.717, 1.165) is 44.5 Å². The van der Waals surface area contributed by atoms with Crippen LogP contribution < -0.4 is 4.74 Å². The summed E-state index contributed by atoms with van der Waals surface area (Å²) in [6, 6.07) is 13.3. The Balaban J connectivity index is 0.00000128. The molecule has 1 aliphatic carbocycles. The smallest absolute Gasteiger partial charge is 0.127 e. The Kier molecular flexibility index (Phi) is 8.67. The van der Waals surface area contributed by atoms with E-state index in [2.05, 4.69) is 46.2 Å². The molecular formula is C24H34Cl2N2O2. The summed E-state index contributed by atoms with van der Waals surface area (Å²) < 4.78 is 11.9. The maximum absolute atomic E-state index is 6.45. The van der Waals surface area contributed by atoms with Crippen molar-refractivity contribution in [1.82, 2.24) is 9.80 Å². The summed E-state index contributed by atoms with van der Waals surface area (Å²) in [5.41, 5.74) is 1.43. The zero-order valence-corrected chi connectivity index (χ0v) is 19.3. The second-order valence-corrected chi connectivity index (χ2v) is 8.74. The molecule has 4 nitrogen and oxygen atoms in total. The number of morpholine rings is 1. The number of rotatable bonds is 6. The van der Waals surface area contributed by atoms with Crippen LogP contribution in [0.4, 0.5) is 0 Å². The summed E-state index contributed by atoms with van der Waals surface area (Å²) in [5, 5.41) is 2.63. The minimum atomic E-state index is 0. The maximum atomic E-state index is 6.45. The highest BCUT2D eigenvalue weighted by atomic mass is 35.5. The van der Waals surface area contributed by atoms with E-state index in [1.165, 1.54) is 61.7 Å². The van der Waals surface area contributed by atoms with E-state index in [1.807, 2.05) is 0 Å². The number of hydrogen-bond acceptors (Lipinski definition) is 4. The van der Waals surface area contributed by atoms with Crippen LogP contribution in [0.3, 0.4) is 0 Å². The average molecular weight is 453 g/mol. The summed E-state index contributed by atoms with van der Waals surface area (Å²) in [4.78, 5) is 5.12. The molecule has 0 spiro atoms. The van der Waals surface area contributed by atoms with Crippen molar-refractivity contribution in [3.63, 3.8) is 0 Å². The zero-order chi connectivity index (χ0) is 18.8. The molecule has 6 heteroatoms. The molecule has 2 saturated heterocycles. The number of nitrogens with zero attached hydrogens (tertiary/aromatic N) is 2. The molecule has 1 saturated carbocycles. The molecule has 0 atom stereocenters. The Hall–Kier alpha value is -1.04. The van der Waals surface area contributed by atoms with Crippen molar-refractivity contribution >= 4 is 35.6 Å². The van der Waals surface area contributed by atoms with E-state index in [9.17, 15) is 0 Å². The van der Waals surface area contributed by atoms with Crippen LogP contribution in [0.5, 0.6) is 5.75 Å². The first kappa shape index (κ1) is 23.6. The molecule has 3 fully saturated rings. The molecule has 0 bridgehead atoms. The van der Waals surface area contributed by atoms with Crippen LogP contribution >= 0.6 is 24.8 Å². The van der Waals surface area contributed by atoms with Gasteiger partial charge in [0.2, 0.25) is 0 Å². The highest BCUT2D eigenvalue weighted by Crippen LogP contribution is 2.36. The minimum absolute atomic E-state index is 0. The van der Waals surface area contributed by atoms with Crippen molar-refractivity contribution in [2.24, 2.45) is 5.92 Å². The van der Waals surface area contributed by atoms with E-state index in [-0.39, 0.29) is 24.8 Å². The van der Waals surface area contributed by atoms with Gasteiger partial charge >= 0.3 is 0 Å². The van der Waals surface area contributed by atoms with Gasteiger partial charge in [-0.05, 0) is 61.7 Å². The molecule has 30 heavy (non-hydrogen) atoms. The van der Waals surface area contributed by atoms with Gasteiger partial charge in [-0.3, -0.25) is 9.80 Å². The lowest BCUT2D eigenvalue weighted by Crippen LogP contribution is -2.45. The van der Waals surface area contributed by atoms with Gasteiger partial charge in [0.15, 0.2) is 0 Å². The topological polar surface area (TPSA) is 24.9 Å². The van der Waals surface area contributed by atoms with Gasteiger partial charge in [-0.2, -0.15) is 0 Å². The fourth-order valence-electron chi connectivity index (χ4n) is 5.00. The van der Waals surface area contributed by atoms with Crippen LogP contribution in [0.25, 0.3) is 10.8 Å². The molecule has 0 aromatic heterocycles. The van der Waals surface area contributed by atoms with E-state index >= 15 is 0 Å². The number of hydrogen-bond donors (Lipinski definition) is 0. The molecule has 0 amide bonds. The molecule has 2 aliphatic heterocycles. The zero-order valence-electron chi connectivity index (χ0n) is 17.6. The quantitative estimate of drug-likeness (QED) is 0.629. The first-order chi connectivity index (χ1) is 13.8. The molecular weight excluding hydrogens is 419 g/mol. The van der Waals surface area contributed by atoms with Crippen LogP contribution in [-0.4, -0.2) is 61.8 Å². The van der Waals surface area contributed by atoms with Crippen molar-refractivity contribution < 1.29 is 9.47 Å². The monoisotopic (exact) mass is 452 g/mol. The van der Waals surface area contributed by atoms with Gasteiger partial charge in [0.25, 0.3) is 0 Å². The van der Waals surface area contributed by atoms with Gasteiger partial charge < -0.3 is 9.47 Å². The lowest BCUT2D eigenvalue weighted by Gasteiger charge is -2.39. The Bertz CT molecular complexity index is 801. The SMILES string of the molecule is Cl.Cl.c1ccc2c(OC3CC(CN4CCOCC4)C3)ccc(CN3CCCC3)c2c1. The Morgan fingerprint density at radius 1 is 0.833 bits per heavy atom. The molecule has 0 radical (unpaired) electrons. The van der Waals surface area contributed by atoms with E-state index in [1.54, 1.807) is 0 Å². The van der Waals surface area contributed by atoms with Crippen molar-refractivity contribution in [1.29, 1.82) is 0 Å². The molecule has 2 aromatic rings. The van der Waals surface area contributed by atoms with E-state index in [4.69, 9.17) is 9.47 Å². The van der Waals surface area contributed by atoms with Gasteiger partial charge in [-0.1, -0.05) is 30.3 Å². The van der Waals surface area contributed by atoms with Crippen LogP contribution in [0.2, 0.25) is 0 Å². The maximum Gasteiger partial charge on any atom is 0.127 e. The van der Waals surface area contributed by atoms with Crippen molar-refractivity contribution in [2.75, 3.05) is 45.9 Å². The molecule has 166 valence electrons. The normalized spacial score (nSPS) is 24.7. The second kappa shape index (κ2) is 11.0. The third kappa shape index (κ3) is 5.41. The van der Waals surface area contributed by atoms with Crippen molar-refractivity contribution in [2.45, 2.75) is 38.3 Å². The molecule has 2 heterocycles. The van der Waals surface area contributed by atoms with Crippen molar-refractivity contribution in [3.8, 4) is 5.75 Å². The minimum Gasteiger partial charge on any atom is -0.490 e. The molecule has 2 aromatic carbocycles. The predicted molar refractivity (Wildman–Crippen MR) is 127 cm³/mol. The molecule has 5 rings (SSSR count). The standard InChI is InChI=1S/C24H32N2O2.2ClH/c1-2-6-23-22(5-1)20(18-25-9-3-4-10-25)7-8-24(23)28-21-15-19(16-21)17-26-11-13-27-14-12-26;;/h1-2,5-8,19,21H,3-4,9-18H2;2*1H. The second-order valence-electron chi connectivity index (χ2n) is 8.74. The summed E-state index contributed by atoms with van der Waals surface area (Å²) in [5.74, 6) is 1.85. The number of halogens is 2. The molecule has 0 unspecified atom stereocenters. The van der Waals surface area contributed by atoms with E-state index < -0.39 is 0 Å². The first-order valence-electron chi connectivity index (χ1n) is 11.0. The lowest BCUT2D eigenvalue weighted by atomic mass is 9.81. The fourth-order valence-corrected chi connectivity index (χ4v) is 5.00. The van der Waals surface area contributed by atoms with Crippen molar-refractivity contribution in [3.05, 3.63) is 42.0 Å². The van der Waals surface area contributed by atoms with Gasteiger partial charge in [0.05, 0.1) is 19.3 Å². The highest BCUT2D eigenvalue weighted by molar-refractivity contribution is 5.91. The lowest BCUT2D eigenvalue weighted by molar-refractivity contribution is 0.000488. The first-order valence-corrected chi connectivity index (χ1v) is 11.0. The van der Waals surface area contributed by atoms with Gasteiger partial charge in [-0.25, -0.2) is 0 Å². The fraction of sp³-hybridized carbons (Fsp3) is 0.583. The molecule has 0 N–H and O–H groups in total. The summed E-state index contributed by atoms with van der Waals surface area (Å²) in [6.45, 7) is 8.70. The van der Waals surface area contributed by atoms with Gasteiger partial charge in [0, 0.05) is 31.6 Å². The summed E-state index contributed by atoms with van der Waals surface area (Å²) in [7, 11) is 0. The third-order valence-corrected chi connectivity index (χ3v) is 6.67.